The van der Waals surface area contributed by atoms with Gasteiger partial charge in [-0.1, -0.05) is 13.8 Å². The monoisotopic (exact) mass is 341 g/mol. The highest BCUT2D eigenvalue weighted by molar-refractivity contribution is 7.91. The van der Waals surface area contributed by atoms with Gasteiger partial charge in [-0.3, -0.25) is 0 Å². The largest absolute Gasteiger partial charge is 0.355 e. The lowest BCUT2D eigenvalue weighted by atomic mass is 10.2. The molecule has 1 aromatic heterocycles. The maximum absolute atomic E-state index is 11.7. The predicted molar refractivity (Wildman–Crippen MR) is 92.7 cm³/mol. The third-order valence-electron chi connectivity index (χ3n) is 4.09. The van der Waals surface area contributed by atoms with Crippen molar-refractivity contribution in [1.29, 1.82) is 0 Å². The summed E-state index contributed by atoms with van der Waals surface area (Å²) in [4.78, 5) is 8.83. The Labute approximate surface area is 139 Å². The maximum Gasteiger partial charge on any atom is 0.247 e. The van der Waals surface area contributed by atoms with Gasteiger partial charge in [0.1, 0.15) is 0 Å². The molecule has 7 nitrogen and oxygen atoms in total. The fourth-order valence-electron chi connectivity index (χ4n) is 3.02. The fraction of sp³-hybridized carbons (Fsp3) is 0.800. The number of rotatable bonds is 8. The average Bonchev–Trinajstić information content (AvgIpc) is 2.88. The van der Waals surface area contributed by atoms with E-state index in [1.54, 1.807) is 6.20 Å². The molecule has 1 saturated heterocycles. The van der Waals surface area contributed by atoms with E-state index in [0.29, 0.717) is 18.9 Å². The van der Waals surface area contributed by atoms with Crippen LogP contribution in [0.2, 0.25) is 0 Å². The molecule has 0 aromatic carbocycles. The molecule has 0 spiro atoms. The first-order valence-corrected chi connectivity index (χ1v) is 10.2. The minimum absolute atomic E-state index is 0.0483. The molecular weight excluding hydrogens is 314 g/mol. The summed E-state index contributed by atoms with van der Waals surface area (Å²) in [7, 11) is -2.93. The maximum atomic E-state index is 11.7. The quantitative estimate of drug-likeness (QED) is 0.709. The summed E-state index contributed by atoms with van der Waals surface area (Å²) >= 11 is 0. The van der Waals surface area contributed by atoms with Crippen molar-refractivity contribution in [1.82, 2.24) is 15.2 Å². The smallest absolute Gasteiger partial charge is 0.247 e. The van der Waals surface area contributed by atoms with Gasteiger partial charge in [0, 0.05) is 25.7 Å². The highest BCUT2D eigenvalue weighted by atomic mass is 32.2. The molecule has 1 atom stereocenters. The van der Waals surface area contributed by atoms with Crippen molar-refractivity contribution in [2.45, 2.75) is 46.1 Å². The molecule has 23 heavy (non-hydrogen) atoms. The standard InChI is InChI=1S/C15H27N5O2S/c1-4-8-19(9-5-2)14-11-16-18-15(17-14)20(6-3)13-7-10-23(21,22)12-13/h11,13H,4-10,12H2,1-3H3. The van der Waals surface area contributed by atoms with Gasteiger partial charge < -0.3 is 9.80 Å². The molecule has 0 radical (unpaired) electrons. The second kappa shape index (κ2) is 7.90. The fourth-order valence-corrected chi connectivity index (χ4v) is 4.76. The Hall–Kier alpha value is -1.44. The van der Waals surface area contributed by atoms with Crippen LogP contribution in [0.1, 0.15) is 40.0 Å². The summed E-state index contributed by atoms with van der Waals surface area (Å²) < 4.78 is 23.5. The Bertz CT molecular complexity index is 602. The lowest BCUT2D eigenvalue weighted by Crippen LogP contribution is -2.38. The number of aromatic nitrogens is 3. The first kappa shape index (κ1) is 17.9. The molecule has 1 aromatic rings. The van der Waals surface area contributed by atoms with Gasteiger partial charge in [-0.05, 0) is 26.2 Å². The van der Waals surface area contributed by atoms with Crippen molar-refractivity contribution >= 4 is 21.6 Å². The Morgan fingerprint density at radius 2 is 1.91 bits per heavy atom. The number of hydrogen-bond donors (Lipinski definition) is 0. The lowest BCUT2D eigenvalue weighted by Gasteiger charge is -2.28. The molecule has 1 aliphatic heterocycles. The van der Waals surface area contributed by atoms with Gasteiger partial charge in [0.15, 0.2) is 15.7 Å². The molecule has 0 N–H and O–H groups in total. The van der Waals surface area contributed by atoms with Gasteiger partial charge in [-0.2, -0.15) is 10.1 Å². The Morgan fingerprint density at radius 3 is 2.43 bits per heavy atom. The predicted octanol–water partition coefficient (Wildman–Crippen LogP) is 1.51. The number of hydrogen-bond acceptors (Lipinski definition) is 7. The van der Waals surface area contributed by atoms with Crippen LogP contribution < -0.4 is 9.80 Å². The molecule has 2 rings (SSSR count). The van der Waals surface area contributed by atoms with Gasteiger partial charge in [0.05, 0.1) is 17.7 Å². The Morgan fingerprint density at radius 1 is 1.22 bits per heavy atom. The van der Waals surface area contributed by atoms with Crippen molar-refractivity contribution in [3.63, 3.8) is 0 Å². The first-order valence-electron chi connectivity index (χ1n) is 8.42. The Balaban J connectivity index is 2.22. The van der Waals surface area contributed by atoms with E-state index in [2.05, 4.69) is 33.9 Å². The molecule has 0 amide bonds. The minimum atomic E-state index is -2.93. The van der Waals surface area contributed by atoms with E-state index >= 15 is 0 Å². The van der Waals surface area contributed by atoms with Crippen molar-refractivity contribution in [3.05, 3.63) is 6.20 Å². The summed E-state index contributed by atoms with van der Waals surface area (Å²) in [6.07, 6.45) is 4.40. The molecule has 8 heteroatoms. The van der Waals surface area contributed by atoms with E-state index in [4.69, 9.17) is 0 Å². The summed E-state index contributed by atoms with van der Waals surface area (Å²) in [5.74, 6) is 1.78. The zero-order valence-electron chi connectivity index (χ0n) is 14.3. The summed E-state index contributed by atoms with van der Waals surface area (Å²) in [5.41, 5.74) is 0. The SMILES string of the molecule is CCCN(CCC)c1cnnc(N(CC)C2CCS(=O)(=O)C2)n1. The van der Waals surface area contributed by atoms with Crippen LogP contribution in [0.5, 0.6) is 0 Å². The molecule has 1 fully saturated rings. The van der Waals surface area contributed by atoms with E-state index in [-0.39, 0.29) is 17.5 Å². The van der Waals surface area contributed by atoms with Crippen molar-refractivity contribution in [2.75, 3.05) is 40.9 Å². The number of sulfone groups is 1. The summed E-state index contributed by atoms with van der Waals surface area (Å²) in [6.45, 7) is 8.80. The molecule has 0 aliphatic carbocycles. The van der Waals surface area contributed by atoms with Gasteiger partial charge >= 0.3 is 0 Å². The van der Waals surface area contributed by atoms with Crippen LogP contribution in [0.15, 0.2) is 6.20 Å². The van der Waals surface area contributed by atoms with Crippen LogP contribution in [0.3, 0.4) is 0 Å². The van der Waals surface area contributed by atoms with Crippen molar-refractivity contribution in [3.8, 4) is 0 Å². The molecule has 130 valence electrons. The van der Waals surface area contributed by atoms with Gasteiger partial charge in [-0.25, -0.2) is 8.42 Å². The number of anilines is 2. The van der Waals surface area contributed by atoms with E-state index in [9.17, 15) is 8.42 Å². The molecule has 2 heterocycles. The summed E-state index contributed by atoms with van der Waals surface area (Å²) in [6, 6.07) is -0.0483. The van der Waals surface area contributed by atoms with Gasteiger partial charge in [0.2, 0.25) is 5.95 Å². The zero-order chi connectivity index (χ0) is 16.9. The van der Waals surface area contributed by atoms with Crippen LogP contribution in [0, 0.1) is 0 Å². The van der Waals surface area contributed by atoms with E-state index in [1.807, 2.05) is 11.8 Å². The van der Waals surface area contributed by atoms with Crippen LogP contribution >= 0.6 is 0 Å². The normalized spacial score (nSPS) is 19.7. The van der Waals surface area contributed by atoms with Gasteiger partial charge in [0.25, 0.3) is 0 Å². The van der Waals surface area contributed by atoms with Gasteiger partial charge in [-0.15, -0.1) is 5.10 Å². The highest BCUT2D eigenvalue weighted by Gasteiger charge is 2.33. The third kappa shape index (κ3) is 4.53. The van der Waals surface area contributed by atoms with E-state index in [0.717, 1.165) is 31.7 Å². The topological polar surface area (TPSA) is 79.3 Å². The van der Waals surface area contributed by atoms with Crippen LogP contribution in [0.4, 0.5) is 11.8 Å². The number of nitrogens with zero attached hydrogens (tertiary/aromatic N) is 5. The van der Waals surface area contributed by atoms with Crippen LogP contribution in [-0.4, -0.2) is 60.8 Å². The summed E-state index contributed by atoms with van der Waals surface area (Å²) in [5, 5.41) is 8.25. The third-order valence-corrected chi connectivity index (χ3v) is 5.84. The second-order valence-electron chi connectivity index (χ2n) is 5.94. The zero-order valence-corrected chi connectivity index (χ0v) is 15.1. The van der Waals surface area contributed by atoms with E-state index < -0.39 is 9.84 Å². The molecule has 1 unspecified atom stereocenters. The highest BCUT2D eigenvalue weighted by Crippen LogP contribution is 2.22. The van der Waals surface area contributed by atoms with Crippen LogP contribution in [-0.2, 0) is 9.84 Å². The Kier molecular flexibility index (Phi) is 6.15. The molecular formula is C15H27N5O2S. The minimum Gasteiger partial charge on any atom is -0.355 e. The van der Waals surface area contributed by atoms with Crippen molar-refractivity contribution in [2.24, 2.45) is 0 Å². The molecule has 0 saturated carbocycles. The second-order valence-corrected chi connectivity index (χ2v) is 8.17. The average molecular weight is 341 g/mol. The van der Waals surface area contributed by atoms with Crippen LogP contribution in [0.25, 0.3) is 0 Å². The lowest BCUT2D eigenvalue weighted by molar-refractivity contribution is 0.598. The molecule has 0 bridgehead atoms. The molecule has 1 aliphatic rings. The van der Waals surface area contributed by atoms with Crippen molar-refractivity contribution < 1.29 is 8.42 Å². The van der Waals surface area contributed by atoms with E-state index in [1.165, 1.54) is 0 Å². The first-order chi connectivity index (χ1) is 11.0.